The first kappa shape index (κ1) is 26.4. The molecule has 208 valence electrons. The van der Waals surface area contributed by atoms with Crippen LogP contribution in [0.2, 0.25) is 0 Å². The molecule has 2 fully saturated rings. The van der Waals surface area contributed by atoms with Crippen molar-refractivity contribution in [3.8, 4) is 0 Å². The molecule has 1 spiro atoms. The fourth-order valence-corrected chi connectivity index (χ4v) is 6.13. The lowest BCUT2D eigenvalue weighted by atomic mass is 9.77. The van der Waals surface area contributed by atoms with Crippen molar-refractivity contribution < 1.29 is 9.18 Å². The Morgan fingerprint density at radius 2 is 1.32 bits per heavy atom. The molecule has 2 aliphatic heterocycles. The van der Waals surface area contributed by atoms with E-state index < -0.39 is 0 Å². The molecule has 6 rings (SSSR count). The molecule has 0 atom stereocenters. The van der Waals surface area contributed by atoms with Crippen molar-refractivity contribution in [1.82, 2.24) is 34.6 Å². The average Bonchev–Trinajstić information content (AvgIpc) is 3.75. The maximum absolute atomic E-state index is 13.4. The third-order valence-corrected chi connectivity index (χ3v) is 8.44. The predicted molar refractivity (Wildman–Crippen MR) is 150 cm³/mol. The Labute approximate surface area is 234 Å². The lowest BCUT2D eigenvalue weighted by Gasteiger charge is -2.39. The van der Waals surface area contributed by atoms with Gasteiger partial charge in [-0.2, -0.15) is 0 Å². The number of nitrogens with zero attached hydrogens (tertiary/aromatic N) is 5. The highest BCUT2D eigenvalue weighted by atomic mass is 19.1. The zero-order valence-corrected chi connectivity index (χ0v) is 22.7. The summed E-state index contributed by atoms with van der Waals surface area (Å²) >= 11 is 0. The highest BCUT2D eigenvalue weighted by molar-refractivity contribution is 5.94. The summed E-state index contributed by atoms with van der Waals surface area (Å²) in [7, 11) is 0. The Morgan fingerprint density at radius 3 is 1.88 bits per heavy atom. The molecule has 2 saturated heterocycles. The van der Waals surface area contributed by atoms with Gasteiger partial charge in [0.25, 0.3) is 5.91 Å². The van der Waals surface area contributed by atoms with Crippen molar-refractivity contribution in [3.63, 3.8) is 0 Å². The molecular weight excluding hydrogens is 505 g/mol. The van der Waals surface area contributed by atoms with E-state index in [1.807, 2.05) is 24.3 Å². The van der Waals surface area contributed by atoms with Gasteiger partial charge in [0.2, 0.25) is 0 Å². The van der Waals surface area contributed by atoms with Gasteiger partial charge in [-0.25, -0.2) is 14.4 Å². The van der Waals surface area contributed by atoms with Gasteiger partial charge >= 0.3 is 0 Å². The standard InChI is InChI=1S/C31H36FN7O/c32-27-7-3-25(4-8-27)19-37-16-9-31(10-17-37)11-18-38(23-31)20-24-1-5-26(6-2-24)30(40)39(21-28-33-12-13-34-28)22-29-35-14-15-36-29/h1-8,12-15H,9-11,16-23H2,(H,33,34)(H,35,36). The number of piperidine rings is 1. The average molecular weight is 542 g/mol. The van der Waals surface area contributed by atoms with Crippen molar-refractivity contribution >= 4 is 5.91 Å². The number of carbonyl (C=O) groups excluding carboxylic acids is 1. The van der Waals surface area contributed by atoms with E-state index in [0.29, 0.717) is 24.1 Å². The number of imidazole rings is 2. The largest absolute Gasteiger partial charge is 0.347 e. The number of hydrogen-bond donors (Lipinski definition) is 2. The first-order valence-electron chi connectivity index (χ1n) is 14.1. The molecule has 2 aliphatic rings. The lowest BCUT2D eigenvalue weighted by Crippen LogP contribution is -2.41. The van der Waals surface area contributed by atoms with Crippen LogP contribution in [0.15, 0.2) is 73.3 Å². The van der Waals surface area contributed by atoms with Crippen LogP contribution in [0.25, 0.3) is 0 Å². The van der Waals surface area contributed by atoms with E-state index in [0.717, 1.165) is 50.9 Å². The van der Waals surface area contributed by atoms with Gasteiger partial charge in [-0.1, -0.05) is 24.3 Å². The van der Waals surface area contributed by atoms with Gasteiger partial charge in [0, 0.05) is 50.0 Å². The van der Waals surface area contributed by atoms with E-state index in [2.05, 4.69) is 41.9 Å². The Balaban J connectivity index is 1.02. The van der Waals surface area contributed by atoms with E-state index in [4.69, 9.17) is 0 Å². The van der Waals surface area contributed by atoms with Gasteiger partial charge in [0.05, 0.1) is 13.1 Å². The molecule has 9 heteroatoms. The predicted octanol–water partition coefficient (Wildman–Crippen LogP) is 4.60. The number of rotatable bonds is 9. The minimum absolute atomic E-state index is 0.0492. The van der Waals surface area contributed by atoms with E-state index in [-0.39, 0.29) is 11.7 Å². The van der Waals surface area contributed by atoms with Crippen LogP contribution >= 0.6 is 0 Å². The molecule has 2 aromatic heterocycles. The molecule has 2 aromatic carbocycles. The maximum Gasteiger partial charge on any atom is 0.254 e. The second kappa shape index (κ2) is 11.7. The van der Waals surface area contributed by atoms with Crippen LogP contribution < -0.4 is 0 Å². The number of likely N-dealkylation sites (tertiary alicyclic amines) is 2. The normalized spacial score (nSPS) is 17.4. The minimum atomic E-state index is -0.175. The molecule has 40 heavy (non-hydrogen) atoms. The summed E-state index contributed by atoms with van der Waals surface area (Å²) in [6, 6.07) is 14.9. The van der Waals surface area contributed by atoms with Gasteiger partial charge in [0.15, 0.2) is 0 Å². The number of halogens is 1. The van der Waals surface area contributed by atoms with E-state index >= 15 is 0 Å². The monoisotopic (exact) mass is 541 g/mol. The number of aromatic amines is 2. The summed E-state index contributed by atoms with van der Waals surface area (Å²) in [6.45, 7) is 6.97. The highest BCUT2D eigenvalue weighted by Crippen LogP contribution is 2.41. The van der Waals surface area contributed by atoms with Crippen LogP contribution in [0.3, 0.4) is 0 Å². The third kappa shape index (κ3) is 6.32. The summed E-state index contributed by atoms with van der Waals surface area (Å²) in [5, 5.41) is 0. The summed E-state index contributed by atoms with van der Waals surface area (Å²) in [6.07, 6.45) is 10.6. The van der Waals surface area contributed by atoms with E-state index in [1.54, 1.807) is 41.8 Å². The molecule has 0 unspecified atom stereocenters. The zero-order valence-electron chi connectivity index (χ0n) is 22.7. The number of nitrogens with one attached hydrogen (secondary N) is 2. The van der Waals surface area contributed by atoms with Crippen LogP contribution in [0, 0.1) is 11.2 Å². The number of aromatic nitrogens is 4. The number of H-pyrrole nitrogens is 2. The number of hydrogen-bond acceptors (Lipinski definition) is 5. The van der Waals surface area contributed by atoms with Crippen LogP contribution in [0.4, 0.5) is 4.39 Å². The Kier molecular flexibility index (Phi) is 7.75. The van der Waals surface area contributed by atoms with E-state index in [1.165, 1.54) is 30.4 Å². The molecule has 8 nitrogen and oxygen atoms in total. The smallest absolute Gasteiger partial charge is 0.254 e. The van der Waals surface area contributed by atoms with Crippen LogP contribution in [0.5, 0.6) is 0 Å². The van der Waals surface area contributed by atoms with Crippen molar-refractivity contribution in [1.29, 1.82) is 0 Å². The topological polar surface area (TPSA) is 84.2 Å². The van der Waals surface area contributed by atoms with Gasteiger partial charge in [-0.05, 0) is 79.7 Å². The molecular formula is C31H36FN7O. The molecule has 0 radical (unpaired) electrons. The minimum Gasteiger partial charge on any atom is -0.347 e. The first-order valence-corrected chi connectivity index (χ1v) is 14.1. The van der Waals surface area contributed by atoms with Crippen molar-refractivity contribution in [2.24, 2.45) is 5.41 Å². The first-order chi connectivity index (χ1) is 19.5. The Hall–Kier alpha value is -3.82. The number of amides is 1. The Bertz CT molecular complexity index is 1330. The third-order valence-electron chi connectivity index (χ3n) is 8.44. The molecule has 0 bridgehead atoms. The van der Waals surface area contributed by atoms with Gasteiger partial charge in [-0.3, -0.25) is 14.6 Å². The molecule has 4 heterocycles. The highest BCUT2D eigenvalue weighted by Gasteiger charge is 2.40. The van der Waals surface area contributed by atoms with E-state index in [9.17, 15) is 9.18 Å². The fourth-order valence-electron chi connectivity index (χ4n) is 6.13. The molecule has 1 amide bonds. The molecule has 2 N–H and O–H groups in total. The van der Waals surface area contributed by atoms with Crippen molar-refractivity contribution in [2.75, 3.05) is 26.2 Å². The van der Waals surface area contributed by atoms with Crippen molar-refractivity contribution in [2.45, 2.75) is 45.4 Å². The van der Waals surface area contributed by atoms with Crippen molar-refractivity contribution in [3.05, 3.63) is 107 Å². The van der Waals surface area contributed by atoms with Crippen LogP contribution in [-0.4, -0.2) is 66.7 Å². The quantitative estimate of drug-likeness (QED) is 0.324. The van der Waals surface area contributed by atoms with Gasteiger partial charge < -0.3 is 14.9 Å². The number of carbonyl (C=O) groups is 1. The number of benzene rings is 2. The second-order valence-electron chi connectivity index (χ2n) is 11.3. The van der Waals surface area contributed by atoms with Crippen LogP contribution in [-0.2, 0) is 26.2 Å². The van der Waals surface area contributed by atoms with Gasteiger partial charge in [-0.15, -0.1) is 0 Å². The Morgan fingerprint density at radius 1 is 0.800 bits per heavy atom. The summed E-state index contributed by atoms with van der Waals surface area (Å²) < 4.78 is 13.2. The van der Waals surface area contributed by atoms with Crippen LogP contribution in [0.1, 0.15) is 52.4 Å². The molecule has 0 saturated carbocycles. The van der Waals surface area contributed by atoms with Gasteiger partial charge in [0.1, 0.15) is 17.5 Å². The molecule has 4 aromatic rings. The SMILES string of the molecule is O=C(c1ccc(CN2CCC3(CCN(Cc4ccc(F)cc4)CC3)C2)cc1)N(Cc1ncc[nH]1)Cc1ncc[nH]1. The molecule has 0 aliphatic carbocycles. The maximum atomic E-state index is 13.4. The fraction of sp³-hybridized carbons (Fsp3) is 0.387. The summed E-state index contributed by atoms with van der Waals surface area (Å²) in [5.41, 5.74) is 3.46. The summed E-state index contributed by atoms with van der Waals surface area (Å²) in [4.78, 5) is 35.0. The lowest BCUT2D eigenvalue weighted by molar-refractivity contribution is 0.0721. The zero-order chi connectivity index (χ0) is 27.4. The second-order valence-corrected chi connectivity index (χ2v) is 11.3. The summed E-state index contributed by atoms with van der Waals surface area (Å²) in [5.74, 6) is 1.25.